The molecule has 1 spiro atoms. The lowest BCUT2D eigenvalue weighted by atomic mass is 9.69. The first-order valence-electron chi connectivity index (χ1n) is 13.7. The second kappa shape index (κ2) is 11.6. The smallest absolute Gasteiger partial charge is 0.305 e. The first-order valence-corrected chi connectivity index (χ1v) is 14.0. The molecule has 1 heterocycles. The van der Waals surface area contributed by atoms with Gasteiger partial charge in [-0.25, -0.2) is 4.39 Å². The molecule has 1 aromatic carbocycles. The Morgan fingerprint density at radius 3 is 2.49 bits per heavy atom. The number of hydrogen-bond donors (Lipinski definition) is 2. The SMILES string of the molecule is CC(C)(C)C1CCC2(CC1)N=C(C1=C(F)C(Cl)=CCC1)C(=O)N2CCc1ccc(C(=O)NCCC(=O)O)cc1. The van der Waals surface area contributed by atoms with Crippen molar-refractivity contribution in [1.82, 2.24) is 10.2 Å². The summed E-state index contributed by atoms with van der Waals surface area (Å²) in [6.07, 6.45) is 6.38. The van der Waals surface area contributed by atoms with Crippen molar-refractivity contribution in [2.75, 3.05) is 13.1 Å². The summed E-state index contributed by atoms with van der Waals surface area (Å²) in [7, 11) is 0. The summed E-state index contributed by atoms with van der Waals surface area (Å²) in [6.45, 7) is 7.22. The third-order valence-electron chi connectivity index (χ3n) is 8.22. The van der Waals surface area contributed by atoms with Crippen LogP contribution < -0.4 is 5.32 Å². The number of nitrogens with one attached hydrogen (secondary N) is 1. The highest BCUT2D eigenvalue weighted by atomic mass is 35.5. The number of carboxylic acid groups (broad SMARTS) is 1. The van der Waals surface area contributed by atoms with E-state index >= 15 is 4.39 Å². The van der Waals surface area contributed by atoms with E-state index in [1.165, 1.54) is 0 Å². The molecule has 2 N–H and O–H groups in total. The average Bonchev–Trinajstić information content (AvgIpc) is 3.14. The highest BCUT2D eigenvalue weighted by Gasteiger charge is 2.50. The Bertz CT molecular complexity index is 1220. The van der Waals surface area contributed by atoms with Crippen LogP contribution in [0.3, 0.4) is 0 Å². The molecule has 7 nitrogen and oxygen atoms in total. The van der Waals surface area contributed by atoms with Gasteiger partial charge in [-0.3, -0.25) is 19.4 Å². The molecule has 9 heteroatoms. The molecule has 0 unspecified atom stereocenters. The quantitative estimate of drug-likeness (QED) is 0.422. The van der Waals surface area contributed by atoms with E-state index in [2.05, 4.69) is 26.1 Å². The van der Waals surface area contributed by atoms with E-state index in [4.69, 9.17) is 21.7 Å². The van der Waals surface area contributed by atoms with E-state index in [1.54, 1.807) is 18.2 Å². The molecule has 1 aromatic rings. The zero-order valence-corrected chi connectivity index (χ0v) is 23.6. The minimum absolute atomic E-state index is 0.0442. The Morgan fingerprint density at radius 2 is 1.87 bits per heavy atom. The van der Waals surface area contributed by atoms with Crippen LogP contribution in [0.15, 0.2) is 51.8 Å². The molecular formula is C30H37ClFN3O4. The van der Waals surface area contributed by atoms with Crippen LogP contribution in [0.25, 0.3) is 0 Å². The summed E-state index contributed by atoms with van der Waals surface area (Å²) in [5, 5.41) is 11.4. The number of carboxylic acids is 1. The second-order valence-corrected chi connectivity index (χ2v) is 12.2. The Labute approximate surface area is 234 Å². The van der Waals surface area contributed by atoms with Gasteiger partial charge in [-0.2, -0.15) is 0 Å². The molecule has 39 heavy (non-hydrogen) atoms. The average molecular weight is 558 g/mol. The fourth-order valence-electron chi connectivity index (χ4n) is 5.83. The topological polar surface area (TPSA) is 99.1 Å². The standard InChI is InChI=1S/C30H37ClFN3O4/c1-29(2,3)21-11-15-30(16-12-21)34-26(22-5-4-6-23(31)25(22)32)28(39)35(30)18-14-19-7-9-20(10-8-19)27(38)33-17-13-24(36)37/h6-10,21H,4-5,11-18H2,1-3H3,(H,33,38)(H,36,37). The first kappa shape index (κ1) is 29.0. The van der Waals surface area contributed by atoms with Crippen molar-refractivity contribution < 1.29 is 23.9 Å². The molecule has 1 aliphatic heterocycles. The van der Waals surface area contributed by atoms with Crippen LogP contribution in [0.1, 0.15) is 81.6 Å². The van der Waals surface area contributed by atoms with Gasteiger partial charge < -0.3 is 15.3 Å². The van der Waals surface area contributed by atoms with E-state index in [1.807, 2.05) is 17.0 Å². The van der Waals surface area contributed by atoms with Gasteiger partial charge in [-0.15, -0.1) is 0 Å². The van der Waals surface area contributed by atoms with Crippen molar-refractivity contribution in [3.8, 4) is 0 Å². The molecular weight excluding hydrogens is 521 g/mol. The molecule has 2 aliphatic carbocycles. The summed E-state index contributed by atoms with van der Waals surface area (Å²) >= 11 is 6.08. The minimum Gasteiger partial charge on any atom is -0.481 e. The normalized spacial score (nSPS) is 23.7. The Morgan fingerprint density at radius 1 is 1.21 bits per heavy atom. The lowest BCUT2D eigenvalue weighted by Gasteiger charge is -2.45. The fourth-order valence-corrected chi connectivity index (χ4v) is 6.05. The van der Waals surface area contributed by atoms with Gasteiger partial charge in [0.25, 0.3) is 11.8 Å². The molecule has 210 valence electrons. The molecule has 4 rings (SSSR count). The number of carbonyl (C=O) groups is 3. The zero-order valence-electron chi connectivity index (χ0n) is 22.9. The number of carbonyl (C=O) groups excluding carboxylic acids is 2. The zero-order chi connectivity index (χ0) is 28.4. The van der Waals surface area contributed by atoms with Crippen LogP contribution >= 0.6 is 11.6 Å². The lowest BCUT2D eigenvalue weighted by Crippen LogP contribution is -2.50. The number of aliphatic imine (C=N–C) groups is 1. The van der Waals surface area contributed by atoms with E-state index in [0.717, 1.165) is 31.2 Å². The van der Waals surface area contributed by atoms with Gasteiger partial charge >= 0.3 is 5.97 Å². The molecule has 2 amide bonds. The molecule has 1 saturated carbocycles. The predicted octanol–water partition coefficient (Wildman–Crippen LogP) is 5.79. The van der Waals surface area contributed by atoms with E-state index in [-0.39, 0.29) is 40.9 Å². The molecule has 0 atom stereocenters. The highest BCUT2D eigenvalue weighted by Crippen LogP contribution is 2.47. The Kier molecular flexibility index (Phi) is 8.64. The lowest BCUT2D eigenvalue weighted by molar-refractivity contribution is -0.136. The van der Waals surface area contributed by atoms with Crippen LogP contribution in [-0.4, -0.2) is 52.3 Å². The summed E-state index contributed by atoms with van der Waals surface area (Å²) in [5.41, 5.74) is 1.39. The monoisotopic (exact) mass is 557 g/mol. The van der Waals surface area contributed by atoms with Crippen molar-refractivity contribution in [2.24, 2.45) is 16.3 Å². The Balaban J connectivity index is 1.51. The molecule has 0 aromatic heterocycles. The van der Waals surface area contributed by atoms with E-state index < -0.39 is 17.5 Å². The number of rotatable bonds is 8. The molecule has 3 aliphatic rings. The van der Waals surface area contributed by atoms with Crippen molar-refractivity contribution >= 4 is 35.1 Å². The summed E-state index contributed by atoms with van der Waals surface area (Å²) in [4.78, 5) is 43.5. The minimum atomic E-state index is -0.971. The van der Waals surface area contributed by atoms with E-state index in [0.29, 0.717) is 42.9 Å². The highest BCUT2D eigenvalue weighted by molar-refractivity contribution is 6.47. The maximum Gasteiger partial charge on any atom is 0.305 e. The van der Waals surface area contributed by atoms with Crippen LogP contribution in [-0.2, 0) is 16.0 Å². The van der Waals surface area contributed by atoms with Gasteiger partial charge in [-0.05, 0) is 74.0 Å². The fraction of sp³-hybridized carbons (Fsp3) is 0.533. The maximum atomic E-state index is 15.0. The van der Waals surface area contributed by atoms with Gasteiger partial charge in [0.2, 0.25) is 0 Å². The van der Waals surface area contributed by atoms with Crippen molar-refractivity contribution in [1.29, 1.82) is 0 Å². The number of benzene rings is 1. The van der Waals surface area contributed by atoms with Crippen LogP contribution in [0.4, 0.5) is 4.39 Å². The maximum absolute atomic E-state index is 15.0. The molecule has 1 fully saturated rings. The third-order valence-corrected chi connectivity index (χ3v) is 8.54. The van der Waals surface area contributed by atoms with E-state index in [9.17, 15) is 14.4 Å². The summed E-state index contributed by atoms with van der Waals surface area (Å²) < 4.78 is 15.0. The molecule has 0 saturated heterocycles. The molecule has 0 bridgehead atoms. The van der Waals surface area contributed by atoms with Crippen LogP contribution in [0.5, 0.6) is 0 Å². The number of allylic oxidation sites excluding steroid dienone is 3. The first-order chi connectivity index (χ1) is 18.4. The summed E-state index contributed by atoms with van der Waals surface area (Å²) in [5.74, 6) is -1.57. The Hall–Kier alpha value is -3.00. The number of hydrogen-bond acceptors (Lipinski definition) is 4. The molecule has 0 radical (unpaired) electrons. The van der Waals surface area contributed by atoms with Gasteiger partial charge in [-0.1, -0.05) is 50.6 Å². The van der Waals surface area contributed by atoms with Crippen molar-refractivity contribution in [3.05, 3.63) is 57.9 Å². The van der Waals surface area contributed by atoms with Crippen molar-refractivity contribution in [2.45, 2.75) is 77.8 Å². The van der Waals surface area contributed by atoms with Gasteiger partial charge in [0.05, 0.1) is 11.5 Å². The van der Waals surface area contributed by atoms with Gasteiger partial charge in [0.1, 0.15) is 17.2 Å². The number of nitrogens with zero attached hydrogens (tertiary/aromatic N) is 2. The summed E-state index contributed by atoms with van der Waals surface area (Å²) in [6, 6.07) is 7.07. The van der Waals surface area contributed by atoms with Crippen molar-refractivity contribution in [3.63, 3.8) is 0 Å². The van der Waals surface area contributed by atoms with Crippen LogP contribution in [0, 0.1) is 11.3 Å². The third kappa shape index (κ3) is 6.43. The van der Waals surface area contributed by atoms with Gasteiger partial charge in [0.15, 0.2) is 0 Å². The van der Waals surface area contributed by atoms with Gasteiger partial charge in [0, 0.05) is 24.2 Å². The number of aliphatic carboxylic acids is 1. The predicted molar refractivity (Wildman–Crippen MR) is 149 cm³/mol. The number of amides is 2. The largest absolute Gasteiger partial charge is 0.481 e. The number of halogens is 2. The second-order valence-electron chi connectivity index (χ2n) is 11.8. The van der Waals surface area contributed by atoms with Crippen LogP contribution in [0.2, 0.25) is 0 Å².